The van der Waals surface area contributed by atoms with E-state index < -0.39 is 0 Å². The first-order valence-corrected chi connectivity index (χ1v) is 7.49. The van der Waals surface area contributed by atoms with Crippen molar-refractivity contribution in [3.63, 3.8) is 0 Å². The number of carbonyl (C=O) groups is 2. The first-order valence-electron chi connectivity index (χ1n) is 6.61. The maximum Gasteiger partial charge on any atom is 0.311 e. The lowest BCUT2D eigenvalue weighted by atomic mass is 10.2. The Morgan fingerprint density at radius 3 is 2.76 bits per heavy atom. The van der Waals surface area contributed by atoms with E-state index in [9.17, 15) is 9.59 Å². The smallest absolute Gasteiger partial charge is 0.311 e. The van der Waals surface area contributed by atoms with E-state index in [1.165, 1.54) is 11.3 Å². The van der Waals surface area contributed by atoms with Gasteiger partial charge in [0.25, 0.3) is 5.91 Å². The molecule has 1 aromatic heterocycles. The number of thiazole rings is 1. The summed E-state index contributed by atoms with van der Waals surface area (Å²) >= 11 is 1.41. The fraction of sp³-hybridized carbons (Fsp3) is 0.267. The number of ether oxygens (including phenoxy) is 1. The van der Waals surface area contributed by atoms with Crippen molar-refractivity contribution in [1.82, 2.24) is 10.3 Å². The summed E-state index contributed by atoms with van der Waals surface area (Å²) in [6.45, 7) is 2.48. The van der Waals surface area contributed by atoms with Crippen molar-refractivity contribution in [2.24, 2.45) is 0 Å². The van der Waals surface area contributed by atoms with E-state index in [2.05, 4.69) is 10.3 Å². The third-order valence-corrected chi connectivity index (χ3v) is 3.56. The molecule has 5 nitrogen and oxygen atoms in total. The highest BCUT2D eigenvalue weighted by molar-refractivity contribution is 7.09. The number of benzene rings is 1. The molecule has 1 amide bonds. The molecule has 1 N–H and O–H groups in total. The fourth-order valence-corrected chi connectivity index (χ4v) is 2.45. The molecule has 0 saturated heterocycles. The molecule has 110 valence electrons. The number of carbonyl (C=O) groups excluding carboxylic acids is 2. The minimum atomic E-state index is -0.289. The monoisotopic (exact) mass is 304 g/mol. The third kappa shape index (κ3) is 4.68. The highest BCUT2D eigenvalue weighted by Crippen LogP contribution is 2.11. The van der Waals surface area contributed by atoms with Crippen LogP contribution in [0.4, 0.5) is 0 Å². The van der Waals surface area contributed by atoms with Gasteiger partial charge in [-0.15, -0.1) is 11.3 Å². The Morgan fingerprint density at radius 2 is 2.05 bits per heavy atom. The van der Waals surface area contributed by atoms with Crippen molar-refractivity contribution in [2.75, 3.05) is 6.61 Å². The van der Waals surface area contributed by atoms with E-state index in [0.717, 1.165) is 5.01 Å². The Balaban J connectivity index is 1.85. The normalized spacial score (nSPS) is 10.1. The molecular weight excluding hydrogens is 288 g/mol. The highest BCUT2D eigenvalue weighted by Gasteiger charge is 2.09. The minimum absolute atomic E-state index is 0.141. The number of aromatic nitrogens is 1. The first-order chi connectivity index (χ1) is 10.2. The molecule has 0 spiro atoms. The zero-order chi connectivity index (χ0) is 15.1. The zero-order valence-corrected chi connectivity index (χ0v) is 12.5. The molecular formula is C15H16N2O3S. The summed E-state index contributed by atoms with van der Waals surface area (Å²) < 4.78 is 4.87. The van der Waals surface area contributed by atoms with Crippen molar-refractivity contribution in [1.29, 1.82) is 0 Å². The number of hydrogen-bond acceptors (Lipinski definition) is 5. The van der Waals surface area contributed by atoms with Gasteiger partial charge in [0.05, 0.1) is 25.3 Å². The van der Waals surface area contributed by atoms with Gasteiger partial charge < -0.3 is 10.1 Å². The Kier molecular flexibility index (Phi) is 5.45. The molecule has 2 rings (SSSR count). The van der Waals surface area contributed by atoms with Crippen LogP contribution in [0.3, 0.4) is 0 Å². The second kappa shape index (κ2) is 7.54. The Bertz CT molecular complexity index is 610. The van der Waals surface area contributed by atoms with Gasteiger partial charge >= 0.3 is 5.97 Å². The van der Waals surface area contributed by atoms with Crippen LogP contribution in [-0.4, -0.2) is 23.5 Å². The van der Waals surface area contributed by atoms with Gasteiger partial charge in [0.2, 0.25) is 0 Å². The molecule has 21 heavy (non-hydrogen) atoms. The summed E-state index contributed by atoms with van der Waals surface area (Å²) in [5.41, 5.74) is 1.28. The quantitative estimate of drug-likeness (QED) is 0.831. The summed E-state index contributed by atoms with van der Waals surface area (Å²) in [5.74, 6) is -0.430. The molecule has 0 aliphatic rings. The fourth-order valence-electron chi connectivity index (χ4n) is 1.72. The topological polar surface area (TPSA) is 68.3 Å². The van der Waals surface area contributed by atoms with Crippen LogP contribution in [-0.2, 0) is 22.5 Å². The number of rotatable bonds is 6. The molecule has 1 heterocycles. The van der Waals surface area contributed by atoms with E-state index in [1.807, 2.05) is 18.2 Å². The number of esters is 1. The van der Waals surface area contributed by atoms with E-state index in [4.69, 9.17) is 4.74 Å². The zero-order valence-electron chi connectivity index (χ0n) is 11.7. The SMILES string of the molecule is CCOC(=O)Cc1csc(CNC(=O)c2ccccc2)n1. The van der Waals surface area contributed by atoms with Crippen molar-refractivity contribution in [3.05, 3.63) is 52.0 Å². The molecule has 0 fully saturated rings. The average Bonchev–Trinajstić information content (AvgIpc) is 2.93. The molecule has 0 radical (unpaired) electrons. The number of nitrogens with zero attached hydrogens (tertiary/aromatic N) is 1. The van der Waals surface area contributed by atoms with E-state index in [0.29, 0.717) is 24.4 Å². The van der Waals surface area contributed by atoms with Crippen LogP contribution >= 0.6 is 11.3 Å². The maximum absolute atomic E-state index is 11.9. The lowest BCUT2D eigenvalue weighted by Gasteiger charge is -2.02. The van der Waals surface area contributed by atoms with Crippen molar-refractivity contribution in [3.8, 4) is 0 Å². The van der Waals surface area contributed by atoms with Crippen molar-refractivity contribution >= 4 is 23.2 Å². The van der Waals surface area contributed by atoms with E-state index >= 15 is 0 Å². The lowest BCUT2D eigenvalue weighted by Crippen LogP contribution is -2.22. The molecule has 2 aromatic rings. The Morgan fingerprint density at radius 1 is 1.29 bits per heavy atom. The summed E-state index contributed by atoms with van der Waals surface area (Å²) in [6, 6.07) is 9.00. The van der Waals surface area contributed by atoms with Crippen LogP contribution in [0, 0.1) is 0 Å². The Labute approximate surface area is 127 Å². The second-order valence-corrected chi connectivity index (χ2v) is 5.21. The summed E-state index contributed by atoms with van der Waals surface area (Å²) in [6.07, 6.45) is 0.164. The maximum atomic E-state index is 11.9. The van der Waals surface area contributed by atoms with Crippen LogP contribution in [0.25, 0.3) is 0 Å². The van der Waals surface area contributed by atoms with Gasteiger partial charge in [-0.1, -0.05) is 18.2 Å². The Hall–Kier alpha value is -2.21. The van der Waals surface area contributed by atoms with Crippen LogP contribution in [0.5, 0.6) is 0 Å². The van der Waals surface area contributed by atoms with Gasteiger partial charge in [0.1, 0.15) is 5.01 Å². The van der Waals surface area contributed by atoms with Crippen LogP contribution in [0.1, 0.15) is 28.0 Å². The average molecular weight is 304 g/mol. The van der Waals surface area contributed by atoms with E-state index in [-0.39, 0.29) is 18.3 Å². The number of hydrogen-bond donors (Lipinski definition) is 1. The molecule has 0 unspecified atom stereocenters. The molecule has 0 atom stereocenters. The standard InChI is InChI=1S/C15H16N2O3S/c1-2-20-14(18)8-12-10-21-13(17-12)9-16-15(19)11-6-4-3-5-7-11/h3-7,10H,2,8-9H2,1H3,(H,16,19). The third-order valence-electron chi connectivity index (χ3n) is 2.67. The molecule has 1 aromatic carbocycles. The predicted molar refractivity (Wildman–Crippen MR) is 80.1 cm³/mol. The minimum Gasteiger partial charge on any atom is -0.466 e. The van der Waals surface area contributed by atoms with Crippen LogP contribution < -0.4 is 5.32 Å². The summed E-state index contributed by atoms with van der Waals surface area (Å²) in [4.78, 5) is 27.5. The predicted octanol–water partition coefficient (Wildman–Crippen LogP) is 2.18. The van der Waals surface area contributed by atoms with Crippen molar-refractivity contribution < 1.29 is 14.3 Å². The van der Waals surface area contributed by atoms with Crippen LogP contribution in [0.15, 0.2) is 35.7 Å². The number of amides is 1. The number of nitrogens with one attached hydrogen (secondary N) is 1. The summed E-state index contributed by atoms with van der Waals surface area (Å²) in [5, 5.41) is 5.37. The molecule has 0 saturated carbocycles. The van der Waals surface area contributed by atoms with Gasteiger partial charge in [-0.2, -0.15) is 0 Å². The van der Waals surface area contributed by atoms with Gasteiger partial charge in [-0.05, 0) is 19.1 Å². The molecule has 0 aliphatic heterocycles. The van der Waals surface area contributed by atoms with Gasteiger partial charge in [-0.25, -0.2) is 4.98 Å². The van der Waals surface area contributed by atoms with Crippen LogP contribution in [0.2, 0.25) is 0 Å². The molecule has 6 heteroatoms. The lowest BCUT2D eigenvalue weighted by molar-refractivity contribution is -0.142. The highest BCUT2D eigenvalue weighted by atomic mass is 32.1. The molecule has 0 aliphatic carbocycles. The van der Waals surface area contributed by atoms with Crippen molar-refractivity contribution in [2.45, 2.75) is 19.9 Å². The first kappa shape index (κ1) is 15.2. The molecule has 0 bridgehead atoms. The summed E-state index contributed by atoms with van der Waals surface area (Å²) in [7, 11) is 0. The van der Waals surface area contributed by atoms with Gasteiger partial charge in [0.15, 0.2) is 0 Å². The van der Waals surface area contributed by atoms with E-state index in [1.54, 1.807) is 24.4 Å². The van der Waals surface area contributed by atoms with Gasteiger partial charge in [-0.3, -0.25) is 9.59 Å². The second-order valence-electron chi connectivity index (χ2n) is 4.26. The van der Waals surface area contributed by atoms with Gasteiger partial charge in [0, 0.05) is 10.9 Å². The largest absolute Gasteiger partial charge is 0.466 e.